The molecule has 0 unspecified atom stereocenters. The molecule has 0 saturated heterocycles. The second kappa shape index (κ2) is 2.85. The van der Waals surface area contributed by atoms with Crippen LogP contribution in [0.4, 0.5) is 5.82 Å². The highest BCUT2D eigenvalue weighted by Gasteiger charge is 2.20. The largest absolute Gasteiger partial charge is 0.422 e. The number of hydrogen-bond donors (Lipinski definition) is 1. The molecule has 0 saturated carbocycles. The summed E-state index contributed by atoms with van der Waals surface area (Å²) >= 11 is 0. The Balaban J connectivity index is 2.43. The second-order valence-electron chi connectivity index (χ2n) is 2.55. The molecule has 0 aromatic carbocycles. The van der Waals surface area contributed by atoms with E-state index in [1.165, 1.54) is 6.20 Å². The van der Waals surface area contributed by atoms with Gasteiger partial charge in [-0.25, -0.2) is 4.98 Å². The van der Waals surface area contributed by atoms with Crippen molar-refractivity contribution >= 4 is 17.7 Å². The van der Waals surface area contributed by atoms with Gasteiger partial charge in [-0.05, 0) is 12.1 Å². The van der Waals surface area contributed by atoms with E-state index in [4.69, 9.17) is 4.74 Å². The van der Waals surface area contributed by atoms with Crippen molar-refractivity contribution in [3.8, 4) is 5.75 Å². The summed E-state index contributed by atoms with van der Waals surface area (Å²) in [6.45, 7) is 0. The molecule has 0 bridgehead atoms. The molecule has 0 spiro atoms. The Morgan fingerprint density at radius 3 is 3.15 bits per heavy atom. The highest BCUT2D eigenvalue weighted by Crippen LogP contribution is 2.23. The lowest BCUT2D eigenvalue weighted by Crippen LogP contribution is -2.15. The smallest absolute Gasteiger partial charge is 0.320 e. The maximum absolute atomic E-state index is 11.0. The van der Waals surface area contributed by atoms with Gasteiger partial charge in [0, 0.05) is 6.20 Å². The van der Waals surface area contributed by atoms with Crippen LogP contribution in [0.1, 0.15) is 6.42 Å². The highest BCUT2D eigenvalue weighted by molar-refractivity contribution is 6.04. The molecular formula is C8H6N2O3. The molecule has 13 heavy (non-hydrogen) atoms. The first-order valence-electron chi connectivity index (χ1n) is 3.71. The molecule has 1 aliphatic heterocycles. The molecule has 0 radical (unpaired) electrons. The van der Waals surface area contributed by atoms with E-state index in [2.05, 4.69) is 10.3 Å². The van der Waals surface area contributed by atoms with Crippen LogP contribution in [0.15, 0.2) is 18.3 Å². The predicted molar refractivity (Wildman–Crippen MR) is 43.1 cm³/mol. The number of rotatable bonds is 0. The van der Waals surface area contributed by atoms with Crippen LogP contribution in [0.5, 0.6) is 5.75 Å². The second-order valence-corrected chi connectivity index (χ2v) is 2.55. The van der Waals surface area contributed by atoms with Crippen molar-refractivity contribution in [2.24, 2.45) is 0 Å². The van der Waals surface area contributed by atoms with Crippen molar-refractivity contribution in [1.29, 1.82) is 0 Å². The van der Waals surface area contributed by atoms with Crippen LogP contribution in [0.3, 0.4) is 0 Å². The van der Waals surface area contributed by atoms with E-state index >= 15 is 0 Å². The quantitative estimate of drug-likeness (QED) is 0.459. The number of ether oxygens (including phenoxy) is 1. The Morgan fingerprint density at radius 2 is 2.31 bits per heavy atom. The van der Waals surface area contributed by atoms with Gasteiger partial charge in [-0.2, -0.15) is 0 Å². The van der Waals surface area contributed by atoms with E-state index in [0.29, 0.717) is 11.6 Å². The molecule has 1 aromatic rings. The van der Waals surface area contributed by atoms with Crippen LogP contribution in [0.25, 0.3) is 0 Å². The lowest BCUT2D eigenvalue weighted by Gasteiger charge is -2.01. The Morgan fingerprint density at radius 1 is 1.46 bits per heavy atom. The van der Waals surface area contributed by atoms with E-state index in [1.54, 1.807) is 12.1 Å². The van der Waals surface area contributed by atoms with Gasteiger partial charge in [-0.15, -0.1) is 0 Å². The van der Waals surface area contributed by atoms with Gasteiger partial charge in [0.15, 0.2) is 11.6 Å². The van der Waals surface area contributed by atoms with Crippen LogP contribution in [-0.4, -0.2) is 16.9 Å². The van der Waals surface area contributed by atoms with Gasteiger partial charge in [0.2, 0.25) is 5.91 Å². The zero-order valence-corrected chi connectivity index (χ0v) is 6.61. The number of carbonyl (C=O) groups excluding carboxylic acids is 2. The molecule has 1 N–H and O–H groups in total. The Hall–Kier alpha value is -1.91. The van der Waals surface area contributed by atoms with Crippen LogP contribution in [0, 0.1) is 0 Å². The maximum atomic E-state index is 11.0. The number of fused-ring (bicyclic) bond motifs is 1. The van der Waals surface area contributed by atoms with Gasteiger partial charge < -0.3 is 10.1 Å². The van der Waals surface area contributed by atoms with E-state index in [9.17, 15) is 9.59 Å². The Kier molecular flexibility index (Phi) is 1.70. The fourth-order valence-electron chi connectivity index (χ4n) is 1.03. The first kappa shape index (κ1) is 7.72. The van der Waals surface area contributed by atoms with E-state index in [1.807, 2.05) is 0 Å². The number of pyridine rings is 1. The van der Waals surface area contributed by atoms with Crippen LogP contribution < -0.4 is 10.1 Å². The van der Waals surface area contributed by atoms with Gasteiger partial charge >= 0.3 is 5.97 Å². The zero-order chi connectivity index (χ0) is 9.26. The SMILES string of the molecule is O=C1CC(=O)Oc2cccnc2N1. The van der Waals surface area contributed by atoms with Gasteiger partial charge in [-0.3, -0.25) is 9.59 Å². The van der Waals surface area contributed by atoms with E-state index < -0.39 is 11.9 Å². The summed E-state index contributed by atoms with van der Waals surface area (Å²) in [6, 6.07) is 3.20. The van der Waals surface area contributed by atoms with Crippen molar-refractivity contribution < 1.29 is 14.3 Å². The minimum absolute atomic E-state index is 0.268. The minimum atomic E-state index is -0.566. The average Bonchev–Trinajstić information content (AvgIpc) is 2.20. The monoisotopic (exact) mass is 178 g/mol. The summed E-state index contributed by atoms with van der Waals surface area (Å²) < 4.78 is 4.84. The molecule has 1 aromatic heterocycles. The normalized spacial score (nSPS) is 15.4. The van der Waals surface area contributed by atoms with Gasteiger partial charge in [-0.1, -0.05) is 0 Å². The fraction of sp³-hybridized carbons (Fsp3) is 0.125. The third-order valence-electron chi connectivity index (χ3n) is 1.56. The van der Waals surface area contributed by atoms with E-state index in [0.717, 1.165) is 0 Å². The molecule has 2 heterocycles. The van der Waals surface area contributed by atoms with Crippen molar-refractivity contribution in [1.82, 2.24) is 4.98 Å². The number of carbonyl (C=O) groups is 2. The summed E-state index contributed by atoms with van der Waals surface area (Å²) in [4.78, 5) is 25.8. The molecule has 1 amide bonds. The molecule has 5 heteroatoms. The number of amides is 1. The van der Waals surface area contributed by atoms with Gasteiger partial charge in [0.05, 0.1) is 0 Å². The van der Waals surface area contributed by atoms with Crippen LogP contribution in [0.2, 0.25) is 0 Å². The number of esters is 1. The summed E-state index contributed by atoms with van der Waals surface area (Å²) in [5, 5.41) is 2.46. The third kappa shape index (κ3) is 1.48. The molecule has 66 valence electrons. The Bertz CT molecular complexity index is 340. The standard InChI is InChI=1S/C8H6N2O3/c11-6-4-7(12)13-5-2-1-3-9-8(5)10-6/h1-3H,4H2,(H,9,10,11). The van der Waals surface area contributed by atoms with E-state index in [-0.39, 0.29) is 6.42 Å². The number of anilines is 1. The molecule has 5 nitrogen and oxygen atoms in total. The van der Waals surface area contributed by atoms with Gasteiger partial charge in [0.1, 0.15) is 6.42 Å². The fourth-order valence-corrected chi connectivity index (χ4v) is 1.03. The molecule has 0 aliphatic carbocycles. The summed E-state index contributed by atoms with van der Waals surface area (Å²) in [5.41, 5.74) is 0. The lowest BCUT2D eigenvalue weighted by atomic mass is 10.4. The zero-order valence-electron chi connectivity index (χ0n) is 6.61. The van der Waals surface area contributed by atoms with Crippen molar-refractivity contribution in [3.05, 3.63) is 18.3 Å². The summed E-state index contributed by atoms with van der Waals surface area (Å²) in [6.07, 6.45) is 1.24. The maximum Gasteiger partial charge on any atom is 0.320 e. The summed E-state index contributed by atoms with van der Waals surface area (Å²) in [5.74, 6) is -0.386. The van der Waals surface area contributed by atoms with Gasteiger partial charge in [0.25, 0.3) is 0 Å². The molecule has 0 fully saturated rings. The lowest BCUT2D eigenvalue weighted by molar-refractivity contribution is -0.136. The van der Waals surface area contributed by atoms with Crippen molar-refractivity contribution in [2.45, 2.75) is 6.42 Å². The number of aromatic nitrogens is 1. The molecule has 2 rings (SSSR count). The number of nitrogens with zero attached hydrogens (tertiary/aromatic N) is 1. The Labute approximate surface area is 73.7 Å². The van der Waals surface area contributed by atoms with Crippen molar-refractivity contribution in [3.63, 3.8) is 0 Å². The number of hydrogen-bond acceptors (Lipinski definition) is 4. The van der Waals surface area contributed by atoms with Crippen LogP contribution in [-0.2, 0) is 9.59 Å². The first-order chi connectivity index (χ1) is 6.25. The first-order valence-corrected chi connectivity index (χ1v) is 3.71. The molecular weight excluding hydrogens is 172 g/mol. The molecule has 1 aliphatic rings. The minimum Gasteiger partial charge on any atom is -0.422 e. The summed E-state index contributed by atoms with van der Waals surface area (Å²) in [7, 11) is 0. The molecule has 0 atom stereocenters. The van der Waals surface area contributed by atoms with Crippen molar-refractivity contribution in [2.75, 3.05) is 5.32 Å². The predicted octanol–water partition coefficient (Wildman–Crippen LogP) is 0.329. The third-order valence-corrected chi connectivity index (χ3v) is 1.56. The highest BCUT2D eigenvalue weighted by atomic mass is 16.5. The topological polar surface area (TPSA) is 68.3 Å². The average molecular weight is 178 g/mol. The van der Waals surface area contributed by atoms with Crippen LogP contribution >= 0.6 is 0 Å². The number of nitrogens with one attached hydrogen (secondary N) is 1.